The molecule has 3 rings (SSSR count). The lowest BCUT2D eigenvalue weighted by molar-refractivity contribution is -0.274. The summed E-state index contributed by atoms with van der Waals surface area (Å²) in [6.07, 6.45) is -5.49. The van der Waals surface area contributed by atoms with Gasteiger partial charge in [0.15, 0.2) is 0 Å². The van der Waals surface area contributed by atoms with Gasteiger partial charge in [-0.25, -0.2) is 0 Å². The second kappa shape index (κ2) is 8.29. The van der Waals surface area contributed by atoms with Crippen LogP contribution < -0.4 is 19.5 Å². The standard InChI is InChI=1S/C19H17F3N2O5/c1-26-13-7-8-16(27-2)14(9-13)15-10-17(29-24-15)18(25)23-11-3-5-12(6-4-11)28-19(20,21)22/h3-9,17H,10H2,1-2H3,(H,23,25)/t17-/m0/s1. The Balaban J connectivity index is 1.63. The maximum absolute atomic E-state index is 12.4. The zero-order valence-corrected chi connectivity index (χ0v) is 15.4. The van der Waals surface area contributed by atoms with Crippen LogP contribution in [0.25, 0.3) is 0 Å². The summed E-state index contributed by atoms with van der Waals surface area (Å²) < 4.78 is 50.9. The van der Waals surface area contributed by atoms with Gasteiger partial charge in [-0.1, -0.05) is 5.16 Å². The van der Waals surface area contributed by atoms with Gasteiger partial charge in [0.2, 0.25) is 6.10 Å². The highest BCUT2D eigenvalue weighted by Crippen LogP contribution is 2.29. The van der Waals surface area contributed by atoms with Crippen molar-refractivity contribution in [3.05, 3.63) is 48.0 Å². The van der Waals surface area contributed by atoms with Crippen LogP contribution in [-0.2, 0) is 9.63 Å². The van der Waals surface area contributed by atoms with E-state index >= 15 is 0 Å². The molecule has 0 saturated heterocycles. The predicted molar refractivity (Wildman–Crippen MR) is 97.3 cm³/mol. The molecule has 1 amide bonds. The molecule has 1 N–H and O–H groups in total. The SMILES string of the molecule is COc1ccc(OC)c(C2=NO[C@H](C(=O)Nc3ccc(OC(F)(F)F)cc3)C2)c1. The Morgan fingerprint density at radius 1 is 1.10 bits per heavy atom. The molecule has 29 heavy (non-hydrogen) atoms. The molecule has 1 aliphatic rings. The van der Waals surface area contributed by atoms with Crippen molar-refractivity contribution in [1.29, 1.82) is 0 Å². The van der Waals surface area contributed by atoms with Crippen molar-refractivity contribution in [2.24, 2.45) is 5.16 Å². The molecule has 1 atom stereocenters. The quantitative estimate of drug-likeness (QED) is 0.785. The average molecular weight is 410 g/mol. The van der Waals surface area contributed by atoms with Gasteiger partial charge in [-0.15, -0.1) is 13.2 Å². The molecule has 1 heterocycles. The fourth-order valence-electron chi connectivity index (χ4n) is 2.68. The van der Waals surface area contributed by atoms with Gasteiger partial charge in [-0.3, -0.25) is 4.79 Å². The number of rotatable bonds is 6. The molecule has 1 aliphatic heterocycles. The van der Waals surface area contributed by atoms with Crippen molar-refractivity contribution in [2.75, 3.05) is 19.5 Å². The van der Waals surface area contributed by atoms with Crippen LogP contribution in [0.15, 0.2) is 47.6 Å². The number of carbonyl (C=O) groups excluding carboxylic acids is 1. The van der Waals surface area contributed by atoms with Crippen LogP contribution in [0.3, 0.4) is 0 Å². The number of amides is 1. The van der Waals surface area contributed by atoms with Crippen molar-refractivity contribution in [3.8, 4) is 17.2 Å². The first kappa shape index (κ1) is 20.3. The number of nitrogens with zero attached hydrogens (tertiary/aromatic N) is 1. The predicted octanol–water partition coefficient (Wildman–Crippen LogP) is 3.73. The molecule has 0 fully saturated rings. The minimum atomic E-state index is -4.78. The van der Waals surface area contributed by atoms with Gasteiger partial charge in [0.05, 0.1) is 19.9 Å². The molecule has 0 aromatic heterocycles. The highest BCUT2D eigenvalue weighted by molar-refractivity contribution is 6.07. The van der Waals surface area contributed by atoms with Gasteiger partial charge in [0, 0.05) is 17.7 Å². The maximum atomic E-state index is 12.4. The molecular weight excluding hydrogens is 393 g/mol. The summed E-state index contributed by atoms with van der Waals surface area (Å²) in [5.41, 5.74) is 1.44. The second-order valence-corrected chi connectivity index (χ2v) is 5.96. The number of nitrogens with one attached hydrogen (secondary N) is 1. The number of halogens is 3. The first-order valence-corrected chi connectivity index (χ1v) is 8.41. The lowest BCUT2D eigenvalue weighted by atomic mass is 10.0. The third-order valence-electron chi connectivity index (χ3n) is 4.03. The number of anilines is 1. The normalized spacial score (nSPS) is 15.9. The zero-order valence-electron chi connectivity index (χ0n) is 15.4. The minimum Gasteiger partial charge on any atom is -0.497 e. The van der Waals surface area contributed by atoms with Crippen molar-refractivity contribution in [3.63, 3.8) is 0 Å². The van der Waals surface area contributed by atoms with E-state index in [1.807, 2.05) is 0 Å². The molecule has 2 aromatic rings. The molecule has 154 valence electrons. The van der Waals surface area contributed by atoms with E-state index in [-0.39, 0.29) is 12.2 Å². The second-order valence-electron chi connectivity index (χ2n) is 5.96. The highest BCUT2D eigenvalue weighted by Gasteiger charge is 2.32. The monoisotopic (exact) mass is 410 g/mol. The largest absolute Gasteiger partial charge is 0.573 e. The van der Waals surface area contributed by atoms with Gasteiger partial charge >= 0.3 is 6.36 Å². The lowest BCUT2D eigenvalue weighted by Crippen LogP contribution is -2.28. The molecule has 0 saturated carbocycles. The van der Waals surface area contributed by atoms with Crippen LogP contribution in [0.4, 0.5) is 18.9 Å². The first-order valence-electron chi connectivity index (χ1n) is 8.41. The van der Waals surface area contributed by atoms with Gasteiger partial charge in [-0.05, 0) is 42.5 Å². The summed E-state index contributed by atoms with van der Waals surface area (Å²) in [6, 6.07) is 9.95. The van der Waals surface area contributed by atoms with Crippen LogP contribution >= 0.6 is 0 Å². The average Bonchev–Trinajstić information content (AvgIpc) is 3.18. The van der Waals surface area contributed by atoms with Crippen LogP contribution in [0.2, 0.25) is 0 Å². The van der Waals surface area contributed by atoms with Crippen molar-refractivity contribution in [2.45, 2.75) is 18.9 Å². The number of oxime groups is 1. The van der Waals surface area contributed by atoms with Gasteiger partial charge in [-0.2, -0.15) is 0 Å². The Bertz CT molecular complexity index is 913. The van der Waals surface area contributed by atoms with E-state index in [9.17, 15) is 18.0 Å². The molecule has 0 aliphatic carbocycles. The first-order chi connectivity index (χ1) is 13.8. The Morgan fingerprint density at radius 3 is 2.41 bits per heavy atom. The Labute approximate surface area is 164 Å². The molecule has 10 heteroatoms. The summed E-state index contributed by atoms with van der Waals surface area (Å²) in [4.78, 5) is 17.6. The summed E-state index contributed by atoms with van der Waals surface area (Å²) in [7, 11) is 3.04. The molecule has 0 unspecified atom stereocenters. The van der Waals surface area contributed by atoms with Crippen LogP contribution in [0.1, 0.15) is 12.0 Å². The van der Waals surface area contributed by atoms with Crippen molar-refractivity contribution in [1.82, 2.24) is 0 Å². The molecule has 0 spiro atoms. The maximum Gasteiger partial charge on any atom is 0.573 e. The fraction of sp³-hybridized carbons (Fsp3) is 0.263. The molecule has 7 nitrogen and oxygen atoms in total. The van der Waals surface area contributed by atoms with Crippen molar-refractivity contribution >= 4 is 17.3 Å². The van der Waals surface area contributed by atoms with Crippen LogP contribution in [0.5, 0.6) is 17.2 Å². The summed E-state index contributed by atoms with van der Waals surface area (Å²) in [5.74, 6) is 0.269. The van der Waals surface area contributed by atoms with E-state index in [2.05, 4.69) is 15.2 Å². The number of hydrogen-bond acceptors (Lipinski definition) is 6. The number of carbonyl (C=O) groups is 1. The number of alkyl halides is 3. The molecule has 0 bridgehead atoms. The number of benzene rings is 2. The number of methoxy groups -OCH3 is 2. The highest BCUT2D eigenvalue weighted by atomic mass is 19.4. The topological polar surface area (TPSA) is 78.4 Å². The lowest BCUT2D eigenvalue weighted by Gasteiger charge is -2.12. The third kappa shape index (κ3) is 5.09. The summed E-state index contributed by atoms with van der Waals surface area (Å²) in [5, 5.41) is 6.53. The molecule has 0 radical (unpaired) electrons. The summed E-state index contributed by atoms with van der Waals surface area (Å²) >= 11 is 0. The molecular formula is C19H17F3N2O5. The Morgan fingerprint density at radius 2 is 1.79 bits per heavy atom. The van der Waals surface area contributed by atoms with Gasteiger partial charge in [0.1, 0.15) is 17.2 Å². The van der Waals surface area contributed by atoms with E-state index < -0.39 is 18.4 Å². The van der Waals surface area contributed by atoms with E-state index in [0.717, 1.165) is 12.1 Å². The Hall–Kier alpha value is -3.43. The molecule has 2 aromatic carbocycles. The zero-order chi connectivity index (χ0) is 21.0. The van der Waals surface area contributed by atoms with E-state index in [0.29, 0.717) is 28.5 Å². The minimum absolute atomic E-state index is 0.185. The smallest absolute Gasteiger partial charge is 0.497 e. The number of hydrogen-bond donors (Lipinski definition) is 1. The Kier molecular flexibility index (Phi) is 5.81. The van der Waals surface area contributed by atoms with Crippen LogP contribution in [0, 0.1) is 0 Å². The van der Waals surface area contributed by atoms with Crippen LogP contribution in [-0.4, -0.2) is 38.3 Å². The van der Waals surface area contributed by atoms with Gasteiger partial charge < -0.3 is 24.4 Å². The van der Waals surface area contributed by atoms with Gasteiger partial charge in [0.25, 0.3) is 5.91 Å². The van der Waals surface area contributed by atoms with Crippen molar-refractivity contribution < 1.29 is 37.0 Å². The summed E-state index contributed by atoms with van der Waals surface area (Å²) in [6.45, 7) is 0. The van der Waals surface area contributed by atoms with E-state index in [4.69, 9.17) is 14.3 Å². The van der Waals surface area contributed by atoms with E-state index in [1.54, 1.807) is 18.2 Å². The fourth-order valence-corrected chi connectivity index (χ4v) is 2.68. The van der Waals surface area contributed by atoms with E-state index in [1.165, 1.54) is 26.4 Å². The number of ether oxygens (including phenoxy) is 3. The third-order valence-corrected chi connectivity index (χ3v) is 4.03.